The summed E-state index contributed by atoms with van der Waals surface area (Å²) in [6.07, 6.45) is 0. The van der Waals surface area contributed by atoms with Gasteiger partial charge in [-0.15, -0.1) is 11.3 Å². The first-order chi connectivity index (χ1) is 9.96. The molecule has 0 bridgehead atoms. The van der Waals surface area contributed by atoms with E-state index in [1.165, 1.54) is 11.3 Å². The monoisotopic (exact) mass is 310 g/mol. The first-order valence-corrected chi connectivity index (χ1v) is 7.21. The van der Waals surface area contributed by atoms with E-state index in [1.54, 1.807) is 0 Å². The van der Waals surface area contributed by atoms with Crippen molar-refractivity contribution in [2.45, 2.75) is 12.5 Å². The number of anilines is 1. The molecule has 6 N–H and O–H groups in total. The molecule has 114 valence electrons. The molecule has 2 rings (SSSR count). The number of hydrogen-bond donors (Lipinski definition) is 5. The van der Waals surface area contributed by atoms with Crippen molar-refractivity contribution in [3.05, 3.63) is 28.6 Å². The van der Waals surface area contributed by atoms with Gasteiger partial charge in [-0.05, 0) is 18.6 Å². The van der Waals surface area contributed by atoms with Crippen LogP contribution in [0, 0.1) is 6.92 Å². The first-order valence-electron chi connectivity index (χ1n) is 6.40. The summed E-state index contributed by atoms with van der Waals surface area (Å²) >= 11 is 1.24. The molecule has 7 heteroatoms. The lowest BCUT2D eigenvalue weighted by Crippen LogP contribution is -2.56. The SMILES string of the molecule is Cc1ccc2c(N)c(C(=O)NC(CO)(CO)CO)sc2c1. The Hall–Kier alpha value is -1.67. The van der Waals surface area contributed by atoms with E-state index in [9.17, 15) is 20.1 Å². The van der Waals surface area contributed by atoms with Crippen LogP contribution in [0.2, 0.25) is 0 Å². The molecule has 1 heterocycles. The lowest BCUT2D eigenvalue weighted by atomic mass is 10.0. The van der Waals surface area contributed by atoms with E-state index in [1.807, 2.05) is 25.1 Å². The molecule has 0 aliphatic heterocycles. The number of amides is 1. The predicted molar refractivity (Wildman–Crippen MR) is 82.4 cm³/mol. The molecule has 0 fully saturated rings. The van der Waals surface area contributed by atoms with Crippen LogP contribution in [-0.2, 0) is 0 Å². The average molecular weight is 310 g/mol. The number of nitrogens with one attached hydrogen (secondary N) is 1. The molecular formula is C14H18N2O4S. The van der Waals surface area contributed by atoms with Gasteiger partial charge in [0.1, 0.15) is 10.4 Å². The molecule has 1 aromatic carbocycles. The summed E-state index contributed by atoms with van der Waals surface area (Å²) in [5, 5.41) is 31.0. The fourth-order valence-corrected chi connectivity index (χ4v) is 3.07. The second-order valence-electron chi connectivity index (χ2n) is 5.05. The summed E-state index contributed by atoms with van der Waals surface area (Å²) in [6.45, 7) is 0.227. The van der Waals surface area contributed by atoms with Crippen molar-refractivity contribution in [2.75, 3.05) is 25.6 Å². The van der Waals surface area contributed by atoms with Crippen molar-refractivity contribution in [2.24, 2.45) is 0 Å². The third kappa shape index (κ3) is 2.86. The summed E-state index contributed by atoms with van der Waals surface area (Å²) in [6, 6.07) is 5.70. The number of nitrogens with two attached hydrogens (primary N) is 1. The number of carbonyl (C=O) groups is 1. The molecule has 1 amide bonds. The fraction of sp³-hybridized carbons (Fsp3) is 0.357. The van der Waals surface area contributed by atoms with Crippen molar-refractivity contribution in [3.8, 4) is 0 Å². The number of benzene rings is 1. The van der Waals surface area contributed by atoms with E-state index in [2.05, 4.69) is 5.32 Å². The smallest absolute Gasteiger partial charge is 0.264 e. The average Bonchev–Trinajstić information content (AvgIpc) is 2.81. The van der Waals surface area contributed by atoms with Crippen LogP contribution in [0.25, 0.3) is 10.1 Å². The van der Waals surface area contributed by atoms with Crippen LogP contribution < -0.4 is 11.1 Å². The van der Waals surface area contributed by atoms with E-state index >= 15 is 0 Å². The number of fused-ring (bicyclic) bond motifs is 1. The number of thiophene rings is 1. The van der Waals surface area contributed by atoms with E-state index in [0.29, 0.717) is 10.6 Å². The van der Waals surface area contributed by atoms with Crippen LogP contribution in [0.5, 0.6) is 0 Å². The highest BCUT2D eigenvalue weighted by atomic mass is 32.1. The van der Waals surface area contributed by atoms with Gasteiger partial charge >= 0.3 is 0 Å². The summed E-state index contributed by atoms with van der Waals surface area (Å²) in [5.74, 6) is -0.525. The number of rotatable bonds is 5. The Morgan fingerprint density at radius 3 is 2.48 bits per heavy atom. The van der Waals surface area contributed by atoms with Crippen LogP contribution in [0.15, 0.2) is 18.2 Å². The van der Waals surface area contributed by atoms with Crippen LogP contribution in [0.1, 0.15) is 15.2 Å². The molecule has 6 nitrogen and oxygen atoms in total. The maximum Gasteiger partial charge on any atom is 0.264 e. The zero-order valence-corrected chi connectivity index (χ0v) is 12.4. The number of carbonyl (C=O) groups excluding carboxylic acids is 1. The molecule has 0 aliphatic rings. The Labute approximate surface area is 125 Å². The molecule has 0 saturated heterocycles. The van der Waals surface area contributed by atoms with Gasteiger partial charge in [-0.25, -0.2) is 0 Å². The van der Waals surface area contributed by atoms with Gasteiger partial charge in [-0.3, -0.25) is 4.79 Å². The maximum atomic E-state index is 12.3. The van der Waals surface area contributed by atoms with Crippen molar-refractivity contribution >= 4 is 33.0 Å². The third-order valence-corrected chi connectivity index (χ3v) is 4.54. The zero-order chi connectivity index (χ0) is 15.6. The van der Waals surface area contributed by atoms with Crippen LogP contribution >= 0.6 is 11.3 Å². The molecule has 0 saturated carbocycles. The van der Waals surface area contributed by atoms with E-state index in [0.717, 1.165) is 15.6 Å². The third-order valence-electron chi connectivity index (χ3n) is 3.38. The van der Waals surface area contributed by atoms with Gasteiger partial charge in [0, 0.05) is 10.1 Å². The lowest BCUT2D eigenvalue weighted by Gasteiger charge is -2.28. The normalized spacial score (nSPS) is 11.8. The largest absolute Gasteiger partial charge is 0.397 e. The van der Waals surface area contributed by atoms with Crippen molar-refractivity contribution < 1.29 is 20.1 Å². The molecule has 2 aromatic rings. The second kappa shape index (κ2) is 5.98. The molecule has 0 aliphatic carbocycles. The van der Waals surface area contributed by atoms with Crippen LogP contribution in [0.4, 0.5) is 5.69 Å². The highest BCUT2D eigenvalue weighted by Crippen LogP contribution is 2.34. The van der Waals surface area contributed by atoms with Gasteiger partial charge in [0.2, 0.25) is 0 Å². The van der Waals surface area contributed by atoms with E-state index in [-0.39, 0.29) is 0 Å². The van der Waals surface area contributed by atoms with Gasteiger partial charge in [-0.2, -0.15) is 0 Å². The number of hydrogen-bond acceptors (Lipinski definition) is 6. The van der Waals surface area contributed by atoms with Crippen LogP contribution in [0.3, 0.4) is 0 Å². The Morgan fingerprint density at radius 1 is 1.29 bits per heavy atom. The Kier molecular flexibility index (Phi) is 4.48. The van der Waals surface area contributed by atoms with Gasteiger partial charge < -0.3 is 26.4 Å². The topological polar surface area (TPSA) is 116 Å². The minimum Gasteiger partial charge on any atom is -0.397 e. The quantitative estimate of drug-likeness (QED) is 0.542. The summed E-state index contributed by atoms with van der Waals surface area (Å²) < 4.78 is 0.889. The van der Waals surface area contributed by atoms with Crippen LogP contribution in [-0.4, -0.2) is 46.6 Å². The minimum absolute atomic E-state index is 0.301. The van der Waals surface area contributed by atoms with Crippen molar-refractivity contribution in [3.63, 3.8) is 0 Å². The summed E-state index contributed by atoms with van der Waals surface area (Å²) in [4.78, 5) is 12.6. The van der Waals surface area contributed by atoms with Gasteiger partial charge in [0.25, 0.3) is 5.91 Å². The second-order valence-corrected chi connectivity index (χ2v) is 6.11. The Balaban J connectivity index is 2.37. The summed E-state index contributed by atoms with van der Waals surface area (Å²) in [5.41, 5.74) is 5.95. The number of aryl methyl sites for hydroxylation is 1. The standard InChI is InChI=1S/C14H18N2O4S/c1-8-2-3-9-10(4-8)21-12(11(9)15)13(20)16-14(5-17,6-18)7-19/h2-4,17-19H,5-7,15H2,1H3,(H,16,20). The Bertz CT molecular complexity index is 656. The van der Waals surface area contributed by atoms with Gasteiger partial charge in [0.05, 0.1) is 25.5 Å². The zero-order valence-electron chi connectivity index (χ0n) is 11.6. The molecular weight excluding hydrogens is 292 g/mol. The molecule has 0 spiro atoms. The number of aliphatic hydroxyl groups excluding tert-OH is 3. The van der Waals surface area contributed by atoms with Crippen molar-refractivity contribution in [1.29, 1.82) is 0 Å². The predicted octanol–water partition coefficient (Wildman–Crippen LogP) is 0.237. The van der Waals surface area contributed by atoms with Crippen molar-refractivity contribution in [1.82, 2.24) is 5.32 Å². The highest BCUT2D eigenvalue weighted by molar-refractivity contribution is 7.21. The number of nitrogen functional groups attached to an aromatic ring is 1. The Morgan fingerprint density at radius 2 is 1.90 bits per heavy atom. The molecule has 0 atom stereocenters. The molecule has 0 unspecified atom stereocenters. The van der Waals surface area contributed by atoms with Gasteiger partial charge in [-0.1, -0.05) is 12.1 Å². The number of aliphatic hydroxyl groups is 3. The maximum absolute atomic E-state index is 12.3. The van der Waals surface area contributed by atoms with E-state index in [4.69, 9.17) is 5.73 Å². The fourth-order valence-electron chi connectivity index (χ4n) is 1.96. The molecule has 21 heavy (non-hydrogen) atoms. The minimum atomic E-state index is -1.46. The summed E-state index contributed by atoms with van der Waals surface area (Å²) in [7, 11) is 0. The molecule has 1 aromatic heterocycles. The highest BCUT2D eigenvalue weighted by Gasteiger charge is 2.31. The first kappa shape index (κ1) is 15.7. The lowest BCUT2D eigenvalue weighted by molar-refractivity contribution is 0.0377. The van der Waals surface area contributed by atoms with E-state index < -0.39 is 31.3 Å². The molecule has 0 radical (unpaired) electrons. The van der Waals surface area contributed by atoms with Gasteiger partial charge in [0.15, 0.2) is 0 Å².